The number of hydrogen-bond donors (Lipinski definition) is 2. The lowest BCUT2D eigenvalue weighted by Crippen LogP contribution is -2.17. The van der Waals surface area contributed by atoms with Crippen molar-refractivity contribution >= 4 is 50.0 Å². The number of nitrogen functional groups attached to an aromatic ring is 1. The van der Waals surface area contributed by atoms with E-state index in [0.717, 1.165) is 10.2 Å². The first-order valence-electron chi connectivity index (χ1n) is 6.53. The second-order valence-electron chi connectivity index (χ2n) is 5.05. The average molecular weight is 309 g/mol. The maximum atomic E-state index is 11.9. The van der Waals surface area contributed by atoms with Gasteiger partial charge in [-0.1, -0.05) is 32.1 Å². The minimum atomic E-state index is -0.00507. The predicted molar refractivity (Wildman–Crippen MR) is 89.4 cm³/mol. The number of benzene rings is 1. The van der Waals surface area contributed by atoms with Gasteiger partial charge in [-0.15, -0.1) is 11.8 Å². The molecule has 0 bridgehead atoms. The van der Waals surface area contributed by atoms with Gasteiger partial charge in [0, 0.05) is 10.9 Å². The van der Waals surface area contributed by atoms with Crippen LogP contribution in [0.25, 0.3) is 10.2 Å². The molecule has 1 aromatic carbocycles. The molecular weight excluding hydrogens is 290 g/mol. The van der Waals surface area contributed by atoms with Crippen LogP contribution in [0.2, 0.25) is 0 Å². The highest BCUT2D eigenvalue weighted by Crippen LogP contribution is 2.27. The summed E-state index contributed by atoms with van der Waals surface area (Å²) in [7, 11) is 0. The van der Waals surface area contributed by atoms with Gasteiger partial charge in [0.25, 0.3) is 0 Å². The van der Waals surface area contributed by atoms with E-state index in [-0.39, 0.29) is 5.91 Å². The van der Waals surface area contributed by atoms with Gasteiger partial charge in [0.05, 0.1) is 16.0 Å². The number of fused-ring (bicyclic) bond motifs is 1. The van der Waals surface area contributed by atoms with E-state index < -0.39 is 0 Å². The lowest BCUT2D eigenvalue weighted by molar-refractivity contribution is -0.113. The standard InChI is InChI=1S/C14H19N3OS2/c1-8(2)9(3)19-7-13(18)17-14-16-11-5-4-10(15)6-12(11)20-14/h4-6,8-9H,7,15H2,1-3H3,(H,16,17,18). The van der Waals surface area contributed by atoms with Crippen molar-refractivity contribution in [1.82, 2.24) is 4.98 Å². The Morgan fingerprint density at radius 1 is 1.45 bits per heavy atom. The molecule has 1 amide bonds. The molecule has 1 aromatic heterocycles. The molecule has 2 aromatic rings. The van der Waals surface area contributed by atoms with Crippen molar-refractivity contribution < 1.29 is 4.79 Å². The van der Waals surface area contributed by atoms with Gasteiger partial charge in [-0.05, 0) is 24.1 Å². The monoisotopic (exact) mass is 309 g/mol. The number of rotatable bonds is 5. The van der Waals surface area contributed by atoms with Gasteiger partial charge in [-0.25, -0.2) is 4.98 Å². The Bertz CT molecular complexity index is 609. The third-order valence-corrected chi connectivity index (χ3v) is 5.51. The van der Waals surface area contributed by atoms with Crippen LogP contribution in [0.5, 0.6) is 0 Å². The Balaban J connectivity index is 1.96. The van der Waals surface area contributed by atoms with Gasteiger partial charge in [0.2, 0.25) is 5.91 Å². The summed E-state index contributed by atoms with van der Waals surface area (Å²) < 4.78 is 0.989. The highest BCUT2D eigenvalue weighted by atomic mass is 32.2. The van der Waals surface area contributed by atoms with Crippen LogP contribution in [0.4, 0.5) is 10.8 Å². The fraction of sp³-hybridized carbons (Fsp3) is 0.429. The lowest BCUT2D eigenvalue weighted by atomic mass is 10.2. The Morgan fingerprint density at radius 3 is 2.90 bits per heavy atom. The van der Waals surface area contributed by atoms with E-state index in [1.807, 2.05) is 18.2 Å². The SMILES string of the molecule is CC(C)C(C)SCC(=O)Nc1nc2ccc(N)cc2s1. The van der Waals surface area contributed by atoms with E-state index in [4.69, 9.17) is 5.73 Å². The second kappa shape index (κ2) is 6.45. The first-order valence-corrected chi connectivity index (χ1v) is 8.39. The molecule has 1 atom stereocenters. The second-order valence-corrected chi connectivity index (χ2v) is 7.45. The van der Waals surface area contributed by atoms with Crippen molar-refractivity contribution in [3.8, 4) is 0 Å². The van der Waals surface area contributed by atoms with Gasteiger partial charge in [-0.2, -0.15) is 0 Å². The van der Waals surface area contributed by atoms with Crippen molar-refractivity contribution in [3.63, 3.8) is 0 Å². The minimum absolute atomic E-state index is 0.00507. The number of aromatic nitrogens is 1. The predicted octanol–water partition coefficient (Wildman–Crippen LogP) is 3.59. The molecule has 1 heterocycles. The molecule has 6 heteroatoms. The number of nitrogens with zero attached hydrogens (tertiary/aromatic N) is 1. The van der Waals surface area contributed by atoms with Crippen LogP contribution in [0.15, 0.2) is 18.2 Å². The third kappa shape index (κ3) is 3.86. The van der Waals surface area contributed by atoms with E-state index in [1.54, 1.807) is 11.8 Å². The van der Waals surface area contributed by atoms with Gasteiger partial charge < -0.3 is 11.1 Å². The lowest BCUT2D eigenvalue weighted by Gasteiger charge is -2.13. The quantitative estimate of drug-likeness (QED) is 0.828. The maximum absolute atomic E-state index is 11.9. The van der Waals surface area contributed by atoms with E-state index in [0.29, 0.717) is 27.7 Å². The number of nitrogens with one attached hydrogen (secondary N) is 1. The minimum Gasteiger partial charge on any atom is -0.399 e. The van der Waals surface area contributed by atoms with Crippen molar-refractivity contribution in [2.75, 3.05) is 16.8 Å². The van der Waals surface area contributed by atoms with Gasteiger partial charge in [0.15, 0.2) is 5.13 Å². The third-order valence-electron chi connectivity index (χ3n) is 3.07. The number of nitrogens with two attached hydrogens (primary N) is 1. The topological polar surface area (TPSA) is 68.0 Å². The van der Waals surface area contributed by atoms with Crippen LogP contribution in [-0.2, 0) is 4.79 Å². The summed E-state index contributed by atoms with van der Waals surface area (Å²) >= 11 is 3.11. The average Bonchev–Trinajstić information content (AvgIpc) is 2.76. The molecule has 20 heavy (non-hydrogen) atoms. The molecule has 0 saturated carbocycles. The Labute approximate surface area is 127 Å². The largest absolute Gasteiger partial charge is 0.399 e. The van der Waals surface area contributed by atoms with Crippen LogP contribution in [0, 0.1) is 5.92 Å². The van der Waals surface area contributed by atoms with Crippen molar-refractivity contribution in [1.29, 1.82) is 0 Å². The number of carbonyl (C=O) groups is 1. The van der Waals surface area contributed by atoms with Gasteiger partial charge in [0.1, 0.15) is 0 Å². The number of hydrogen-bond acceptors (Lipinski definition) is 5. The Hall–Kier alpha value is -1.27. The zero-order chi connectivity index (χ0) is 14.7. The molecule has 2 rings (SSSR count). The summed E-state index contributed by atoms with van der Waals surface area (Å²) in [5, 5.41) is 3.95. The molecule has 0 aliphatic carbocycles. The maximum Gasteiger partial charge on any atom is 0.236 e. The molecule has 1 unspecified atom stereocenters. The number of amides is 1. The van der Waals surface area contributed by atoms with Crippen molar-refractivity contribution in [2.45, 2.75) is 26.0 Å². The number of thioether (sulfide) groups is 1. The van der Waals surface area contributed by atoms with Crippen molar-refractivity contribution in [2.24, 2.45) is 5.92 Å². The summed E-state index contributed by atoms with van der Waals surface area (Å²) in [4.78, 5) is 16.3. The van der Waals surface area contributed by atoms with Crippen LogP contribution in [0.3, 0.4) is 0 Å². The summed E-state index contributed by atoms with van der Waals surface area (Å²) in [5.74, 6) is 1.02. The van der Waals surface area contributed by atoms with Gasteiger partial charge >= 0.3 is 0 Å². The normalized spacial score (nSPS) is 12.8. The van der Waals surface area contributed by atoms with E-state index in [2.05, 4.69) is 31.1 Å². The molecule has 0 spiro atoms. The first kappa shape index (κ1) is 15.1. The summed E-state index contributed by atoms with van der Waals surface area (Å²) in [6, 6.07) is 5.55. The van der Waals surface area contributed by atoms with Crippen LogP contribution >= 0.6 is 23.1 Å². The highest BCUT2D eigenvalue weighted by Gasteiger charge is 2.12. The van der Waals surface area contributed by atoms with Crippen LogP contribution in [0.1, 0.15) is 20.8 Å². The van der Waals surface area contributed by atoms with Crippen molar-refractivity contribution in [3.05, 3.63) is 18.2 Å². The van der Waals surface area contributed by atoms with Crippen LogP contribution < -0.4 is 11.1 Å². The van der Waals surface area contributed by atoms with E-state index in [1.165, 1.54) is 11.3 Å². The zero-order valence-electron chi connectivity index (χ0n) is 11.8. The molecular formula is C14H19N3OS2. The fourth-order valence-corrected chi connectivity index (χ4v) is 3.35. The molecule has 0 saturated heterocycles. The fourth-order valence-electron chi connectivity index (χ4n) is 1.55. The molecule has 0 fully saturated rings. The zero-order valence-corrected chi connectivity index (χ0v) is 13.5. The highest BCUT2D eigenvalue weighted by molar-refractivity contribution is 8.00. The number of thiazole rings is 1. The molecule has 0 aliphatic heterocycles. The molecule has 108 valence electrons. The molecule has 4 nitrogen and oxygen atoms in total. The first-order chi connectivity index (χ1) is 9.45. The Morgan fingerprint density at radius 2 is 2.20 bits per heavy atom. The summed E-state index contributed by atoms with van der Waals surface area (Å²) in [6.45, 7) is 6.46. The van der Waals surface area contributed by atoms with E-state index >= 15 is 0 Å². The molecule has 0 aliphatic rings. The number of carbonyl (C=O) groups excluding carboxylic acids is 1. The van der Waals surface area contributed by atoms with Gasteiger partial charge in [-0.3, -0.25) is 4.79 Å². The summed E-state index contributed by atoms with van der Waals surface area (Å²) in [5.41, 5.74) is 7.30. The van der Waals surface area contributed by atoms with Crippen LogP contribution in [-0.4, -0.2) is 21.9 Å². The smallest absolute Gasteiger partial charge is 0.236 e. The number of anilines is 2. The summed E-state index contributed by atoms with van der Waals surface area (Å²) in [6.07, 6.45) is 0. The van der Waals surface area contributed by atoms with E-state index in [9.17, 15) is 4.79 Å². The molecule has 0 radical (unpaired) electrons. The molecule has 3 N–H and O–H groups in total. The Kier molecular flexibility index (Phi) is 4.88.